The third-order valence-corrected chi connectivity index (χ3v) is 8.73. The van der Waals surface area contributed by atoms with Crippen molar-refractivity contribution in [2.24, 2.45) is 0 Å². The van der Waals surface area contributed by atoms with E-state index in [0.717, 1.165) is 37.9 Å². The first kappa shape index (κ1) is 27.4. The van der Waals surface area contributed by atoms with Crippen molar-refractivity contribution in [3.63, 3.8) is 0 Å². The van der Waals surface area contributed by atoms with Crippen LogP contribution >= 0.6 is 0 Å². The average Bonchev–Trinajstić information content (AvgIpc) is 3.01. The number of amides is 2. The molecule has 1 unspecified atom stereocenters. The number of carbonyl (C=O) groups is 2. The number of aliphatic hydroxyl groups is 1. The second-order valence-corrected chi connectivity index (χ2v) is 11.4. The van der Waals surface area contributed by atoms with Crippen LogP contribution in [0, 0.1) is 0 Å². The number of β-amino-alcohol motifs (C(OH)–C–C–N with tert-alkyl or cyclic N) is 1. The van der Waals surface area contributed by atoms with Gasteiger partial charge in [0.05, 0.1) is 6.10 Å². The van der Waals surface area contributed by atoms with E-state index < -0.39 is 6.10 Å². The van der Waals surface area contributed by atoms with Crippen molar-refractivity contribution in [3.05, 3.63) is 77.5 Å². The fraction of sp³-hybridized carbons (Fsp3) is 0.438. The molecule has 6 rings (SSSR count). The zero-order chi connectivity index (χ0) is 28.3. The number of hydrogen-bond donors (Lipinski definition) is 2. The van der Waals surface area contributed by atoms with E-state index in [1.807, 2.05) is 35.2 Å². The number of likely N-dealkylation sites (tertiary alicyclic amines) is 2. The van der Waals surface area contributed by atoms with Gasteiger partial charge in [0.1, 0.15) is 11.5 Å². The van der Waals surface area contributed by atoms with E-state index in [2.05, 4.69) is 39.5 Å². The van der Waals surface area contributed by atoms with Crippen LogP contribution in [0.1, 0.15) is 47.8 Å². The van der Waals surface area contributed by atoms with Gasteiger partial charge < -0.3 is 20.2 Å². The highest BCUT2D eigenvalue weighted by Crippen LogP contribution is 2.27. The molecule has 0 aliphatic carbocycles. The Morgan fingerprint density at radius 3 is 2.32 bits per heavy atom. The molecule has 2 aromatic carbocycles. The molecule has 41 heavy (non-hydrogen) atoms. The van der Waals surface area contributed by atoms with Crippen LogP contribution in [-0.2, 0) is 17.8 Å². The summed E-state index contributed by atoms with van der Waals surface area (Å²) in [4.78, 5) is 40.9. The Labute approximate surface area is 241 Å². The third-order valence-electron chi connectivity index (χ3n) is 8.73. The van der Waals surface area contributed by atoms with Gasteiger partial charge in [-0.25, -0.2) is 9.97 Å². The standard InChI is InChI=1S/C32H38N6O3/c1-22(39)36-16-12-26(13-17-36)33-30-19-27(34-31(35-30)24-8-3-2-4-9-24)32(41)38-18-14-28(29(40)21-38)37-15-11-23-7-5-6-10-25(23)20-37/h2-10,19,26,28-29,40H,11-18,20-21H2,1H3,(H,33,34,35)/t28?,29-/m0/s1. The number of piperidine rings is 2. The van der Waals surface area contributed by atoms with Crippen LogP contribution in [0.5, 0.6) is 0 Å². The average molecular weight is 555 g/mol. The van der Waals surface area contributed by atoms with Crippen LogP contribution in [0.25, 0.3) is 11.4 Å². The first-order valence-electron chi connectivity index (χ1n) is 14.7. The summed E-state index contributed by atoms with van der Waals surface area (Å²) in [5.74, 6) is 0.995. The molecule has 0 bridgehead atoms. The van der Waals surface area contributed by atoms with E-state index in [4.69, 9.17) is 4.98 Å². The quantitative estimate of drug-likeness (QED) is 0.500. The Morgan fingerprint density at radius 1 is 0.878 bits per heavy atom. The summed E-state index contributed by atoms with van der Waals surface area (Å²) >= 11 is 0. The lowest BCUT2D eigenvalue weighted by molar-refractivity contribution is -0.129. The first-order chi connectivity index (χ1) is 19.9. The lowest BCUT2D eigenvalue weighted by atomic mass is 9.94. The molecule has 4 heterocycles. The number of anilines is 1. The number of fused-ring (bicyclic) bond motifs is 1. The van der Waals surface area contributed by atoms with E-state index in [1.165, 1.54) is 11.1 Å². The molecule has 9 heteroatoms. The summed E-state index contributed by atoms with van der Waals surface area (Å²) in [7, 11) is 0. The Morgan fingerprint density at radius 2 is 1.59 bits per heavy atom. The number of benzene rings is 2. The van der Waals surface area contributed by atoms with Crippen molar-refractivity contribution in [2.75, 3.05) is 38.0 Å². The first-order valence-corrected chi connectivity index (χ1v) is 14.7. The van der Waals surface area contributed by atoms with Crippen molar-refractivity contribution >= 4 is 17.6 Å². The van der Waals surface area contributed by atoms with E-state index in [0.29, 0.717) is 43.4 Å². The van der Waals surface area contributed by atoms with Gasteiger partial charge in [-0.3, -0.25) is 14.5 Å². The van der Waals surface area contributed by atoms with E-state index in [1.54, 1.807) is 17.9 Å². The summed E-state index contributed by atoms with van der Waals surface area (Å²) in [5.41, 5.74) is 3.87. The Hall–Kier alpha value is -3.82. The van der Waals surface area contributed by atoms with E-state index in [9.17, 15) is 14.7 Å². The van der Waals surface area contributed by atoms with Crippen LogP contribution in [0.15, 0.2) is 60.7 Å². The number of aromatic nitrogens is 2. The van der Waals surface area contributed by atoms with Crippen molar-refractivity contribution in [1.82, 2.24) is 24.7 Å². The molecular formula is C32H38N6O3. The Bertz CT molecular complexity index is 1390. The minimum absolute atomic E-state index is 0.0239. The van der Waals surface area contributed by atoms with Gasteiger partial charge in [-0.15, -0.1) is 0 Å². The van der Waals surface area contributed by atoms with Gasteiger partial charge >= 0.3 is 0 Å². The lowest BCUT2D eigenvalue weighted by Crippen LogP contribution is -2.56. The van der Waals surface area contributed by atoms with Crippen LogP contribution < -0.4 is 5.32 Å². The van der Waals surface area contributed by atoms with Crippen molar-refractivity contribution < 1.29 is 14.7 Å². The van der Waals surface area contributed by atoms with Crippen molar-refractivity contribution in [3.8, 4) is 11.4 Å². The van der Waals surface area contributed by atoms with Crippen LogP contribution in [0.2, 0.25) is 0 Å². The molecule has 0 radical (unpaired) electrons. The molecule has 3 aliphatic heterocycles. The molecule has 3 aromatic rings. The minimum Gasteiger partial charge on any atom is -0.390 e. The molecule has 2 atom stereocenters. The number of aliphatic hydroxyl groups excluding tert-OH is 1. The maximum atomic E-state index is 13.8. The van der Waals surface area contributed by atoms with E-state index in [-0.39, 0.29) is 30.4 Å². The largest absolute Gasteiger partial charge is 0.390 e. The predicted octanol–water partition coefficient (Wildman–Crippen LogP) is 3.20. The van der Waals surface area contributed by atoms with Gasteiger partial charge in [-0.05, 0) is 36.8 Å². The van der Waals surface area contributed by atoms with Crippen LogP contribution in [0.3, 0.4) is 0 Å². The second kappa shape index (κ2) is 12.0. The molecule has 2 N–H and O–H groups in total. The summed E-state index contributed by atoms with van der Waals surface area (Å²) in [6.07, 6.45) is 2.69. The third kappa shape index (κ3) is 6.11. The van der Waals surface area contributed by atoms with Gasteiger partial charge in [0, 0.05) is 69.9 Å². The Balaban J connectivity index is 1.17. The number of nitrogens with zero attached hydrogens (tertiary/aromatic N) is 5. The SMILES string of the molecule is CC(=O)N1CCC(Nc2cc(C(=O)N3CCC(N4CCc5ccccc5C4)[C@@H](O)C3)nc(-c3ccccc3)n2)CC1. The molecule has 0 spiro atoms. The highest BCUT2D eigenvalue weighted by Gasteiger charge is 2.36. The molecular weight excluding hydrogens is 516 g/mol. The van der Waals surface area contributed by atoms with Crippen LogP contribution in [-0.4, -0.2) is 92.5 Å². The zero-order valence-corrected chi connectivity index (χ0v) is 23.6. The molecule has 2 fully saturated rings. The number of nitrogens with one attached hydrogen (secondary N) is 1. The maximum Gasteiger partial charge on any atom is 0.272 e. The van der Waals surface area contributed by atoms with Crippen LogP contribution in [0.4, 0.5) is 5.82 Å². The lowest BCUT2D eigenvalue weighted by Gasteiger charge is -2.43. The minimum atomic E-state index is -0.627. The monoisotopic (exact) mass is 554 g/mol. The van der Waals surface area contributed by atoms with E-state index >= 15 is 0 Å². The molecule has 0 saturated carbocycles. The highest BCUT2D eigenvalue weighted by atomic mass is 16.3. The number of carbonyl (C=O) groups excluding carboxylic acids is 2. The highest BCUT2D eigenvalue weighted by molar-refractivity contribution is 5.93. The normalized spacial score (nSPS) is 21.8. The molecule has 2 saturated heterocycles. The molecule has 214 valence electrons. The molecule has 2 amide bonds. The zero-order valence-electron chi connectivity index (χ0n) is 23.6. The molecule has 3 aliphatic rings. The van der Waals surface area contributed by atoms with Crippen molar-refractivity contribution in [2.45, 2.75) is 57.3 Å². The Kier molecular flexibility index (Phi) is 7.98. The predicted molar refractivity (Wildman–Crippen MR) is 157 cm³/mol. The number of rotatable bonds is 5. The van der Waals surface area contributed by atoms with Gasteiger partial charge in [0.15, 0.2) is 5.82 Å². The summed E-state index contributed by atoms with van der Waals surface area (Å²) in [6, 6.07) is 20.1. The van der Waals surface area contributed by atoms with Crippen molar-refractivity contribution in [1.29, 1.82) is 0 Å². The number of hydrogen-bond acceptors (Lipinski definition) is 7. The second-order valence-electron chi connectivity index (χ2n) is 11.4. The van der Waals surface area contributed by atoms with Gasteiger partial charge in [-0.2, -0.15) is 0 Å². The fourth-order valence-electron chi connectivity index (χ4n) is 6.39. The topological polar surface area (TPSA) is 102 Å². The summed E-state index contributed by atoms with van der Waals surface area (Å²) < 4.78 is 0. The maximum absolute atomic E-state index is 13.8. The smallest absolute Gasteiger partial charge is 0.272 e. The fourth-order valence-corrected chi connectivity index (χ4v) is 6.39. The van der Waals surface area contributed by atoms with Gasteiger partial charge in [-0.1, -0.05) is 54.6 Å². The van der Waals surface area contributed by atoms with Gasteiger partial charge in [0.25, 0.3) is 5.91 Å². The summed E-state index contributed by atoms with van der Waals surface area (Å²) in [5, 5.41) is 14.7. The van der Waals surface area contributed by atoms with Gasteiger partial charge in [0.2, 0.25) is 5.91 Å². The molecule has 9 nitrogen and oxygen atoms in total. The molecule has 1 aromatic heterocycles. The summed E-state index contributed by atoms with van der Waals surface area (Å²) in [6.45, 7) is 5.59.